The Labute approximate surface area is 168 Å². The highest BCUT2D eigenvalue weighted by Gasteiger charge is 2.13. The number of anilines is 1. The van der Waals surface area contributed by atoms with Gasteiger partial charge in [0, 0.05) is 23.0 Å². The molecule has 0 unspecified atom stereocenters. The van der Waals surface area contributed by atoms with Gasteiger partial charge in [0.15, 0.2) is 0 Å². The third-order valence-corrected chi connectivity index (χ3v) is 5.87. The fraction of sp³-hybridized carbons (Fsp3) is 0.0476. The molecule has 1 aromatic heterocycles. The van der Waals surface area contributed by atoms with Crippen LogP contribution < -0.4 is 16.8 Å². The van der Waals surface area contributed by atoms with Crippen molar-refractivity contribution in [1.29, 1.82) is 0 Å². The van der Waals surface area contributed by atoms with E-state index in [4.69, 9.17) is 16.5 Å². The van der Waals surface area contributed by atoms with Crippen LogP contribution in [0.3, 0.4) is 0 Å². The molecule has 0 bridgehead atoms. The van der Waals surface area contributed by atoms with Crippen molar-refractivity contribution in [1.82, 2.24) is 4.98 Å². The summed E-state index contributed by atoms with van der Waals surface area (Å²) in [5.41, 5.74) is 14.1. The number of fused-ring (bicyclic) bond motifs is 2. The fourth-order valence-corrected chi connectivity index (χ4v) is 4.11. The molecular weight excluding hydrogens is 386 g/mol. The number of nitrogens with zero attached hydrogens (tertiary/aromatic N) is 2. The van der Waals surface area contributed by atoms with Crippen LogP contribution in [0.25, 0.3) is 21.8 Å². The van der Waals surface area contributed by atoms with Crippen LogP contribution >= 0.6 is 0 Å². The molecule has 4 rings (SSSR count). The van der Waals surface area contributed by atoms with E-state index in [1.807, 2.05) is 36.4 Å². The molecular formula is C21H19N5O2S. The number of guanidine groups is 1. The van der Waals surface area contributed by atoms with Crippen LogP contribution in [0.15, 0.2) is 82.1 Å². The number of benzene rings is 3. The topological polar surface area (TPSA) is 123 Å². The van der Waals surface area contributed by atoms with Gasteiger partial charge in [0.1, 0.15) is 0 Å². The third kappa shape index (κ3) is 3.83. The van der Waals surface area contributed by atoms with Crippen molar-refractivity contribution >= 4 is 43.5 Å². The van der Waals surface area contributed by atoms with E-state index in [9.17, 15) is 8.42 Å². The number of hydrogen-bond acceptors (Lipinski definition) is 4. The van der Waals surface area contributed by atoms with Gasteiger partial charge in [-0.05, 0) is 42.0 Å². The molecule has 0 fully saturated rings. The average Bonchev–Trinajstić information content (AvgIpc) is 2.70. The normalized spacial score (nSPS) is 11.4. The Morgan fingerprint density at radius 2 is 1.41 bits per heavy atom. The highest BCUT2D eigenvalue weighted by molar-refractivity contribution is 7.90. The Bertz CT molecular complexity index is 1270. The van der Waals surface area contributed by atoms with Crippen LogP contribution in [0, 0.1) is 0 Å². The van der Waals surface area contributed by atoms with E-state index in [0.29, 0.717) is 6.54 Å². The maximum Gasteiger partial charge on any atom is 0.285 e. The minimum Gasteiger partial charge on any atom is -0.381 e. The average molecular weight is 405 g/mol. The van der Waals surface area contributed by atoms with Gasteiger partial charge in [-0.2, -0.15) is 8.42 Å². The van der Waals surface area contributed by atoms with Crippen molar-refractivity contribution in [3.05, 3.63) is 78.4 Å². The second-order valence-electron chi connectivity index (χ2n) is 6.49. The van der Waals surface area contributed by atoms with Crippen molar-refractivity contribution in [3.8, 4) is 0 Å². The summed E-state index contributed by atoms with van der Waals surface area (Å²) in [7, 11) is -3.90. The summed E-state index contributed by atoms with van der Waals surface area (Å²) in [6, 6.07) is 22.3. The van der Waals surface area contributed by atoms with Gasteiger partial charge in [0.05, 0.1) is 15.9 Å². The van der Waals surface area contributed by atoms with Gasteiger partial charge in [-0.1, -0.05) is 36.4 Å². The van der Waals surface area contributed by atoms with Gasteiger partial charge < -0.3 is 16.8 Å². The highest BCUT2D eigenvalue weighted by Crippen LogP contribution is 2.27. The first-order chi connectivity index (χ1) is 13.9. The van der Waals surface area contributed by atoms with E-state index in [1.165, 1.54) is 12.1 Å². The zero-order valence-electron chi connectivity index (χ0n) is 15.4. The number of nitrogens with one attached hydrogen (secondary N) is 1. The van der Waals surface area contributed by atoms with E-state index in [1.54, 1.807) is 12.1 Å². The molecule has 4 aromatic rings. The Hall–Kier alpha value is -3.65. The van der Waals surface area contributed by atoms with Crippen LogP contribution in [0.4, 0.5) is 5.69 Å². The summed E-state index contributed by atoms with van der Waals surface area (Å²) < 4.78 is 27.4. The summed E-state index contributed by atoms with van der Waals surface area (Å²) in [6.07, 6.45) is 0. The molecule has 0 atom stereocenters. The number of sulfonamides is 1. The monoisotopic (exact) mass is 405 g/mol. The number of pyridine rings is 1. The van der Waals surface area contributed by atoms with Crippen molar-refractivity contribution in [2.24, 2.45) is 15.9 Å². The van der Waals surface area contributed by atoms with Crippen LogP contribution in [-0.4, -0.2) is 19.4 Å². The number of para-hydroxylation sites is 2. The van der Waals surface area contributed by atoms with Crippen LogP contribution in [0.5, 0.6) is 0 Å². The fourth-order valence-electron chi connectivity index (χ4n) is 3.24. The lowest BCUT2D eigenvalue weighted by Crippen LogP contribution is -2.24. The molecule has 0 aliphatic rings. The van der Waals surface area contributed by atoms with Crippen molar-refractivity contribution in [3.63, 3.8) is 0 Å². The Morgan fingerprint density at radius 3 is 1.97 bits per heavy atom. The van der Waals surface area contributed by atoms with E-state index in [0.717, 1.165) is 33.1 Å². The van der Waals surface area contributed by atoms with E-state index in [2.05, 4.69) is 21.8 Å². The maximum atomic E-state index is 12.1. The molecule has 1 heterocycles. The van der Waals surface area contributed by atoms with Gasteiger partial charge in [0.2, 0.25) is 5.96 Å². The molecule has 29 heavy (non-hydrogen) atoms. The van der Waals surface area contributed by atoms with Gasteiger partial charge in [-0.3, -0.25) is 0 Å². The number of aromatic nitrogens is 1. The lowest BCUT2D eigenvalue weighted by atomic mass is 10.0. The van der Waals surface area contributed by atoms with Crippen molar-refractivity contribution < 1.29 is 8.42 Å². The Balaban J connectivity index is 1.65. The third-order valence-electron chi connectivity index (χ3n) is 4.55. The van der Waals surface area contributed by atoms with E-state index >= 15 is 0 Å². The predicted octanol–water partition coefficient (Wildman–Crippen LogP) is 2.96. The minimum absolute atomic E-state index is 0.0243. The first-order valence-electron chi connectivity index (χ1n) is 8.90. The van der Waals surface area contributed by atoms with Crippen LogP contribution in [0.2, 0.25) is 0 Å². The quantitative estimate of drug-likeness (QED) is 0.266. The predicted molar refractivity (Wildman–Crippen MR) is 116 cm³/mol. The van der Waals surface area contributed by atoms with Gasteiger partial charge in [-0.15, -0.1) is 4.40 Å². The van der Waals surface area contributed by atoms with Crippen LogP contribution in [-0.2, 0) is 16.6 Å². The molecule has 0 aliphatic carbocycles. The summed E-state index contributed by atoms with van der Waals surface area (Å²) in [5, 5.41) is 5.51. The largest absolute Gasteiger partial charge is 0.381 e. The maximum absolute atomic E-state index is 12.1. The number of rotatable bonds is 5. The molecule has 3 aromatic carbocycles. The molecule has 0 spiro atoms. The molecule has 8 heteroatoms. The van der Waals surface area contributed by atoms with Gasteiger partial charge in [-0.25, -0.2) is 4.98 Å². The van der Waals surface area contributed by atoms with Gasteiger partial charge in [0.25, 0.3) is 10.0 Å². The zero-order chi connectivity index (χ0) is 20.4. The smallest absolute Gasteiger partial charge is 0.285 e. The minimum atomic E-state index is -3.90. The van der Waals surface area contributed by atoms with E-state index < -0.39 is 16.0 Å². The van der Waals surface area contributed by atoms with Crippen molar-refractivity contribution in [2.75, 3.05) is 5.32 Å². The molecule has 146 valence electrons. The zero-order valence-corrected chi connectivity index (χ0v) is 16.2. The highest BCUT2D eigenvalue weighted by atomic mass is 32.2. The van der Waals surface area contributed by atoms with Crippen LogP contribution in [0.1, 0.15) is 5.56 Å². The summed E-state index contributed by atoms with van der Waals surface area (Å²) >= 11 is 0. The molecule has 5 N–H and O–H groups in total. The molecule has 0 saturated carbocycles. The SMILES string of the molecule is NC(N)=NS(=O)(=O)c1ccc(NCc2c3ccccc3nc3ccccc23)cc1. The molecule has 0 saturated heterocycles. The van der Waals surface area contributed by atoms with E-state index in [-0.39, 0.29) is 4.90 Å². The number of nitrogens with two attached hydrogens (primary N) is 2. The van der Waals surface area contributed by atoms with Crippen molar-refractivity contribution in [2.45, 2.75) is 11.4 Å². The Morgan fingerprint density at radius 1 is 0.862 bits per heavy atom. The second kappa shape index (κ2) is 7.40. The molecule has 0 aliphatic heterocycles. The molecule has 0 amide bonds. The number of hydrogen-bond donors (Lipinski definition) is 3. The first-order valence-corrected chi connectivity index (χ1v) is 10.3. The molecule has 7 nitrogen and oxygen atoms in total. The second-order valence-corrected chi connectivity index (χ2v) is 8.10. The summed E-state index contributed by atoms with van der Waals surface area (Å²) in [4.78, 5) is 4.75. The standard InChI is InChI=1S/C21H19N5O2S/c22-21(23)26-29(27,28)15-11-9-14(10-12-15)24-13-18-16-5-1-3-7-19(16)25-20-8-4-2-6-17(18)20/h1-12,24H,13H2,(H4,22,23,26). The Kier molecular flexibility index (Phi) is 4.77. The van der Waals surface area contributed by atoms with Gasteiger partial charge >= 0.3 is 0 Å². The lowest BCUT2D eigenvalue weighted by Gasteiger charge is -2.13. The first kappa shape index (κ1) is 18.7. The summed E-state index contributed by atoms with van der Waals surface area (Å²) in [6.45, 7) is 0.559. The summed E-state index contributed by atoms with van der Waals surface area (Å²) in [5.74, 6) is -0.497. The molecule has 0 radical (unpaired) electrons. The lowest BCUT2D eigenvalue weighted by molar-refractivity contribution is 0.598.